The number of rotatable bonds is 6. The van der Waals surface area contributed by atoms with E-state index in [9.17, 15) is 0 Å². The van der Waals surface area contributed by atoms with E-state index >= 15 is 0 Å². The molecule has 0 aliphatic carbocycles. The Morgan fingerprint density at radius 2 is 1.83 bits per heavy atom. The standard InChI is InChI=1S/C14H12N8S2/c1-2-5-11(6-3-1)22-13(15-17-20-22)10-24-14-16-18-19-21(14)9-12-7-4-8-23-12/h1-8H,9-10H2. The summed E-state index contributed by atoms with van der Waals surface area (Å²) in [6.45, 7) is 0.663. The van der Waals surface area contributed by atoms with Crippen molar-refractivity contribution in [2.45, 2.75) is 17.5 Å². The molecule has 4 aromatic rings. The molecule has 1 aromatic carbocycles. The molecular weight excluding hydrogens is 344 g/mol. The van der Waals surface area contributed by atoms with E-state index < -0.39 is 0 Å². The fraction of sp³-hybridized carbons (Fsp3) is 0.143. The first kappa shape index (κ1) is 15.0. The maximum atomic E-state index is 4.10. The molecular formula is C14H12N8S2. The van der Waals surface area contributed by atoms with Gasteiger partial charge in [0.05, 0.1) is 18.0 Å². The monoisotopic (exact) mass is 356 g/mol. The maximum absolute atomic E-state index is 4.10. The van der Waals surface area contributed by atoms with Gasteiger partial charge in [0.15, 0.2) is 5.82 Å². The van der Waals surface area contributed by atoms with Gasteiger partial charge in [-0.25, -0.2) is 4.68 Å². The average Bonchev–Trinajstić information content (AvgIpc) is 3.36. The first-order chi connectivity index (χ1) is 11.9. The smallest absolute Gasteiger partial charge is 0.210 e. The SMILES string of the molecule is c1ccc(-n2nnnc2CSc2nnnn2Cc2cccs2)cc1. The van der Waals surface area contributed by atoms with E-state index in [1.54, 1.807) is 20.7 Å². The van der Waals surface area contributed by atoms with Crippen LogP contribution in [0.15, 0.2) is 53.0 Å². The van der Waals surface area contributed by atoms with Crippen LogP contribution in [0.1, 0.15) is 10.7 Å². The lowest BCUT2D eigenvalue weighted by Gasteiger charge is -2.04. The van der Waals surface area contributed by atoms with Crippen LogP contribution in [0, 0.1) is 0 Å². The summed E-state index contributed by atoms with van der Waals surface area (Å²) in [6, 6.07) is 13.9. The highest BCUT2D eigenvalue weighted by Gasteiger charge is 2.13. The summed E-state index contributed by atoms with van der Waals surface area (Å²) in [5, 5.41) is 26.6. The zero-order chi connectivity index (χ0) is 16.2. The minimum atomic E-state index is 0.576. The van der Waals surface area contributed by atoms with E-state index in [0.29, 0.717) is 12.3 Å². The van der Waals surface area contributed by atoms with Crippen molar-refractivity contribution in [2.24, 2.45) is 0 Å². The molecule has 0 bridgehead atoms. The van der Waals surface area contributed by atoms with Crippen molar-refractivity contribution < 1.29 is 0 Å². The predicted molar refractivity (Wildman–Crippen MR) is 90.0 cm³/mol. The largest absolute Gasteiger partial charge is 0.215 e. The number of benzene rings is 1. The number of thioether (sulfide) groups is 1. The molecule has 0 N–H and O–H groups in total. The van der Waals surface area contributed by atoms with Gasteiger partial charge in [0, 0.05) is 4.88 Å². The van der Waals surface area contributed by atoms with E-state index in [2.05, 4.69) is 37.1 Å². The molecule has 0 unspecified atom stereocenters. The Morgan fingerprint density at radius 3 is 2.67 bits per heavy atom. The summed E-state index contributed by atoms with van der Waals surface area (Å²) in [5.41, 5.74) is 0.927. The van der Waals surface area contributed by atoms with Crippen LogP contribution in [0.3, 0.4) is 0 Å². The molecule has 0 saturated heterocycles. The van der Waals surface area contributed by atoms with Gasteiger partial charge in [-0.1, -0.05) is 36.0 Å². The Bertz CT molecular complexity index is 900. The van der Waals surface area contributed by atoms with Gasteiger partial charge in [-0.2, -0.15) is 4.68 Å². The number of para-hydroxylation sites is 1. The van der Waals surface area contributed by atoms with E-state index in [4.69, 9.17) is 0 Å². The van der Waals surface area contributed by atoms with Crippen LogP contribution in [0.4, 0.5) is 0 Å². The molecule has 0 fully saturated rings. The van der Waals surface area contributed by atoms with Crippen LogP contribution in [-0.2, 0) is 12.3 Å². The van der Waals surface area contributed by atoms with Crippen LogP contribution >= 0.6 is 23.1 Å². The molecule has 10 heteroatoms. The predicted octanol–water partition coefficient (Wildman–Crippen LogP) is 2.05. The van der Waals surface area contributed by atoms with Crippen molar-refractivity contribution in [1.82, 2.24) is 40.4 Å². The zero-order valence-corrected chi connectivity index (χ0v) is 14.1. The number of nitrogens with zero attached hydrogens (tertiary/aromatic N) is 8. The normalized spacial score (nSPS) is 11.0. The Hall–Kier alpha value is -2.59. The summed E-state index contributed by atoms with van der Waals surface area (Å²) < 4.78 is 3.51. The van der Waals surface area contributed by atoms with E-state index in [1.165, 1.54) is 16.6 Å². The molecule has 4 rings (SSSR count). The van der Waals surface area contributed by atoms with Gasteiger partial charge in [-0.15, -0.1) is 21.5 Å². The fourth-order valence-corrected chi connectivity index (χ4v) is 3.61. The summed E-state index contributed by atoms with van der Waals surface area (Å²) >= 11 is 3.19. The molecule has 3 aromatic heterocycles. The van der Waals surface area contributed by atoms with Crippen LogP contribution in [0.25, 0.3) is 5.69 Å². The Morgan fingerprint density at radius 1 is 0.958 bits per heavy atom. The first-order valence-corrected chi connectivity index (χ1v) is 9.01. The Kier molecular flexibility index (Phi) is 4.30. The topological polar surface area (TPSA) is 87.2 Å². The van der Waals surface area contributed by atoms with Crippen molar-refractivity contribution in [2.75, 3.05) is 0 Å². The highest BCUT2D eigenvalue weighted by atomic mass is 32.2. The highest BCUT2D eigenvalue weighted by Crippen LogP contribution is 2.21. The number of hydrogen-bond donors (Lipinski definition) is 0. The third kappa shape index (κ3) is 3.19. The van der Waals surface area contributed by atoms with E-state index in [0.717, 1.165) is 16.7 Å². The third-order valence-corrected chi connectivity index (χ3v) is 5.06. The van der Waals surface area contributed by atoms with E-state index in [1.807, 2.05) is 41.8 Å². The van der Waals surface area contributed by atoms with Gasteiger partial charge in [-0.3, -0.25) is 0 Å². The lowest BCUT2D eigenvalue weighted by atomic mass is 10.3. The quantitative estimate of drug-likeness (QED) is 0.489. The maximum Gasteiger partial charge on any atom is 0.210 e. The van der Waals surface area contributed by atoms with Gasteiger partial charge >= 0.3 is 0 Å². The molecule has 0 amide bonds. The average molecular weight is 356 g/mol. The van der Waals surface area contributed by atoms with Crippen molar-refractivity contribution in [3.05, 3.63) is 58.5 Å². The van der Waals surface area contributed by atoms with Crippen LogP contribution in [0.2, 0.25) is 0 Å². The van der Waals surface area contributed by atoms with Crippen molar-refractivity contribution >= 4 is 23.1 Å². The van der Waals surface area contributed by atoms with Gasteiger partial charge < -0.3 is 0 Å². The van der Waals surface area contributed by atoms with Gasteiger partial charge in [-0.05, 0) is 44.4 Å². The number of tetrazole rings is 2. The summed E-state index contributed by atoms with van der Waals surface area (Å²) in [5.74, 6) is 1.32. The minimum absolute atomic E-state index is 0.576. The van der Waals surface area contributed by atoms with Crippen molar-refractivity contribution in [3.63, 3.8) is 0 Å². The fourth-order valence-electron chi connectivity index (χ4n) is 2.14. The third-order valence-electron chi connectivity index (χ3n) is 3.25. The van der Waals surface area contributed by atoms with E-state index in [-0.39, 0.29) is 0 Å². The Balaban J connectivity index is 1.49. The molecule has 0 saturated carbocycles. The molecule has 0 radical (unpaired) electrons. The van der Waals surface area contributed by atoms with Gasteiger partial charge in [0.25, 0.3) is 0 Å². The van der Waals surface area contributed by atoms with Crippen molar-refractivity contribution in [1.29, 1.82) is 0 Å². The summed E-state index contributed by atoms with van der Waals surface area (Å²) in [6.07, 6.45) is 0. The molecule has 0 atom stereocenters. The molecule has 3 heterocycles. The molecule has 0 aliphatic heterocycles. The first-order valence-electron chi connectivity index (χ1n) is 7.14. The highest BCUT2D eigenvalue weighted by molar-refractivity contribution is 7.98. The van der Waals surface area contributed by atoms with Gasteiger partial charge in [0.2, 0.25) is 5.16 Å². The molecule has 0 aliphatic rings. The molecule has 8 nitrogen and oxygen atoms in total. The van der Waals surface area contributed by atoms with Crippen LogP contribution in [0.5, 0.6) is 0 Å². The second-order valence-electron chi connectivity index (χ2n) is 4.83. The van der Waals surface area contributed by atoms with Crippen molar-refractivity contribution in [3.8, 4) is 5.69 Å². The summed E-state index contributed by atoms with van der Waals surface area (Å²) in [4.78, 5) is 1.21. The number of aromatic nitrogens is 8. The lowest BCUT2D eigenvalue weighted by molar-refractivity contribution is 0.608. The molecule has 24 heavy (non-hydrogen) atoms. The number of thiophene rings is 1. The zero-order valence-electron chi connectivity index (χ0n) is 12.4. The summed E-state index contributed by atoms with van der Waals surface area (Å²) in [7, 11) is 0. The number of hydrogen-bond acceptors (Lipinski definition) is 8. The lowest BCUT2D eigenvalue weighted by Crippen LogP contribution is -2.04. The second-order valence-corrected chi connectivity index (χ2v) is 6.80. The molecule has 0 spiro atoms. The molecule has 120 valence electrons. The van der Waals surface area contributed by atoms with Crippen LogP contribution < -0.4 is 0 Å². The minimum Gasteiger partial charge on any atom is -0.215 e. The second kappa shape index (κ2) is 6.89. The van der Waals surface area contributed by atoms with Gasteiger partial charge in [0.1, 0.15) is 0 Å². The Labute approximate surface area is 145 Å². The van der Waals surface area contributed by atoms with Crippen LogP contribution in [-0.4, -0.2) is 40.4 Å².